The molecule has 8 heteroatoms. The molecule has 0 heterocycles. The molecule has 0 aromatic heterocycles. The Hall–Kier alpha value is 0.240. The van der Waals surface area contributed by atoms with E-state index < -0.39 is 30.4 Å². The van der Waals surface area contributed by atoms with Gasteiger partial charge in [0.25, 0.3) is 0 Å². The summed E-state index contributed by atoms with van der Waals surface area (Å²) in [6.45, 7) is 0. The van der Waals surface area contributed by atoms with Crippen molar-refractivity contribution in [3.63, 3.8) is 0 Å². The van der Waals surface area contributed by atoms with Crippen LogP contribution in [-0.4, -0.2) is 99.9 Å². The monoisotopic (exact) mass is 236 g/mol. The Labute approximate surface area is 109 Å². The molecular formula is C6H12CaO7. The molecule has 0 bridgehead atoms. The van der Waals surface area contributed by atoms with Crippen LogP contribution in [0.15, 0.2) is 0 Å². The summed E-state index contributed by atoms with van der Waals surface area (Å²) in [5, 5.41) is 43.2. The number of carboxylic acid groups (broad SMARTS) is 1. The number of rotatable bonds is 5. The van der Waals surface area contributed by atoms with Gasteiger partial charge in [0.15, 0.2) is 12.4 Å². The van der Waals surface area contributed by atoms with E-state index in [2.05, 4.69) is 0 Å². The molecule has 5 N–H and O–H groups in total. The summed E-state index contributed by atoms with van der Waals surface area (Å²) >= 11 is 0. The van der Waals surface area contributed by atoms with Crippen LogP contribution in [-0.2, 0) is 9.59 Å². The van der Waals surface area contributed by atoms with Crippen molar-refractivity contribution in [1.29, 1.82) is 0 Å². The fourth-order valence-corrected chi connectivity index (χ4v) is 0.615. The molecule has 0 aliphatic rings. The molecule has 0 aliphatic carbocycles. The average Bonchev–Trinajstić information content (AvgIpc) is 2.12. The second-order valence-corrected chi connectivity index (χ2v) is 2.39. The van der Waals surface area contributed by atoms with E-state index in [4.69, 9.17) is 25.5 Å². The van der Waals surface area contributed by atoms with Crippen molar-refractivity contribution in [2.24, 2.45) is 0 Å². The molecule has 0 aromatic rings. The van der Waals surface area contributed by atoms with E-state index >= 15 is 0 Å². The molecule has 0 saturated carbocycles. The zero-order chi connectivity index (χ0) is 10.6. The van der Waals surface area contributed by atoms with Gasteiger partial charge in [-0.15, -0.1) is 0 Å². The van der Waals surface area contributed by atoms with Gasteiger partial charge in [0.2, 0.25) is 0 Å². The van der Waals surface area contributed by atoms with Gasteiger partial charge < -0.3 is 30.3 Å². The Morgan fingerprint density at radius 2 is 1.50 bits per heavy atom. The molecule has 0 aliphatic heterocycles. The van der Waals surface area contributed by atoms with Gasteiger partial charge in [-0.1, -0.05) is 0 Å². The third-order valence-electron chi connectivity index (χ3n) is 1.42. The van der Waals surface area contributed by atoms with Crippen LogP contribution in [0.2, 0.25) is 0 Å². The van der Waals surface area contributed by atoms with Crippen LogP contribution >= 0.6 is 0 Å². The van der Waals surface area contributed by atoms with E-state index in [9.17, 15) is 9.59 Å². The van der Waals surface area contributed by atoms with Crippen LogP contribution in [0.25, 0.3) is 0 Å². The Morgan fingerprint density at radius 3 is 1.79 bits per heavy atom. The van der Waals surface area contributed by atoms with E-state index in [0.717, 1.165) is 0 Å². The number of carbonyl (C=O) groups is 2. The molecule has 0 radical (unpaired) electrons. The number of aliphatic hydroxyl groups excluding tert-OH is 4. The number of carboxylic acids is 1. The van der Waals surface area contributed by atoms with Gasteiger partial charge >= 0.3 is 43.7 Å². The fourth-order valence-electron chi connectivity index (χ4n) is 0.615. The van der Waals surface area contributed by atoms with Gasteiger partial charge in [-0.05, 0) is 0 Å². The standard InChI is InChI=1S/C6H10O7.Ca.2H/c7-1-2(8)3(9)4(10)5(11)6(12)13;;;/h1-5,8-11H,(H,12,13);;;/t2-,3+,4-,5-;;;/m0.../s1. The Morgan fingerprint density at radius 1 is 1.07 bits per heavy atom. The van der Waals surface area contributed by atoms with Crippen LogP contribution in [0.5, 0.6) is 0 Å². The predicted octanol–water partition coefficient (Wildman–Crippen LogP) is -4.20. The van der Waals surface area contributed by atoms with Crippen LogP contribution in [0.3, 0.4) is 0 Å². The van der Waals surface area contributed by atoms with Gasteiger partial charge in [-0.3, -0.25) is 0 Å². The van der Waals surface area contributed by atoms with Gasteiger partial charge in [0, 0.05) is 0 Å². The first-order valence-corrected chi connectivity index (χ1v) is 3.32. The second-order valence-electron chi connectivity index (χ2n) is 2.39. The van der Waals surface area contributed by atoms with Crippen LogP contribution < -0.4 is 0 Å². The topological polar surface area (TPSA) is 135 Å². The Kier molecular flexibility index (Phi) is 8.95. The van der Waals surface area contributed by atoms with Crippen molar-refractivity contribution >= 4 is 50.0 Å². The number of aldehydes is 1. The summed E-state index contributed by atoms with van der Waals surface area (Å²) in [5.41, 5.74) is 0. The summed E-state index contributed by atoms with van der Waals surface area (Å²) < 4.78 is 0. The molecule has 14 heavy (non-hydrogen) atoms. The molecule has 4 atom stereocenters. The maximum absolute atomic E-state index is 10.1. The number of aliphatic carboxylic acids is 1. The van der Waals surface area contributed by atoms with Gasteiger partial charge in [-0.25, -0.2) is 4.79 Å². The predicted molar refractivity (Wildman–Crippen MR) is 46.3 cm³/mol. The molecule has 80 valence electrons. The SMILES string of the molecule is O=C[C@H](O)[C@@H](O)[C@H](O)[C@H](O)C(=O)O.[CaH2]. The zero-order valence-corrected chi connectivity index (χ0v) is 6.44. The molecule has 0 aromatic carbocycles. The van der Waals surface area contributed by atoms with Crippen molar-refractivity contribution in [3.05, 3.63) is 0 Å². The van der Waals surface area contributed by atoms with E-state index in [0.29, 0.717) is 0 Å². The van der Waals surface area contributed by atoms with E-state index in [1.54, 1.807) is 0 Å². The second kappa shape index (κ2) is 7.52. The van der Waals surface area contributed by atoms with E-state index in [1.165, 1.54) is 0 Å². The number of aliphatic hydroxyl groups is 4. The third-order valence-corrected chi connectivity index (χ3v) is 1.42. The Bertz CT molecular complexity index is 197. The minimum atomic E-state index is -2.25. The molecular weight excluding hydrogens is 224 g/mol. The summed E-state index contributed by atoms with van der Waals surface area (Å²) in [7, 11) is 0. The first-order chi connectivity index (χ1) is 5.91. The quantitative estimate of drug-likeness (QED) is 0.241. The van der Waals surface area contributed by atoms with Crippen molar-refractivity contribution < 1.29 is 35.1 Å². The molecule has 0 rings (SSSR count). The van der Waals surface area contributed by atoms with Crippen molar-refractivity contribution in [2.75, 3.05) is 0 Å². The minimum absolute atomic E-state index is 0. The summed E-state index contributed by atoms with van der Waals surface area (Å²) in [5.74, 6) is -1.76. The summed E-state index contributed by atoms with van der Waals surface area (Å²) in [4.78, 5) is 20.0. The third kappa shape index (κ3) is 4.65. The first kappa shape index (κ1) is 16.7. The van der Waals surface area contributed by atoms with Gasteiger partial charge in [0.05, 0.1) is 0 Å². The molecule has 0 amide bonds. The summed E-state index contributed by atoms with van der Waals surface area (Å²) in [6, 6.07) is 0. The number of carbonyl (C=O) groups excluding carboxylic acids is 1. The van der Waals surface area contributed by atoms with Crippen molar-refractivity contribution in [2.45, 2.75) is 24.4 Å². The maximum atomic E-state index is 10.1. The van der Waals surface area contributed by atoms with E-state index in [-0.39, 0.29) is 44.0 Å². The van der Waals surface area contributed by atoms with Crippen LogP contribution in [0, 0.1) is 0 Å². The van der Waals surface area contributed by atoms with Gasteiger partial charge in [-0.2, -0.15) is 0 Å². The molecule has 0 spiro atoms. The first-order valence-electron chi connectivity index (χ1n) is 3.32. The van der Waals surface area contributed by atoms with Crippen LogP contribution in [0.1, 0.15) is 0 Å². The average molecular weight is 236 g/mol. The zero-order valence-electron chi connectivity index (χ0n) is 6.44. The molecule has 0 saturated heterocycles. The van der Waals surface area contributed by atoms with E-state index in [1.807, 2.05) is 0 Å². The summed E-state index contributed by atoms with van der Waals surface area (Å²) in [6.07, 6.45) is -8.39. The normalized spacial score (nSPS) is 18.6. The Balaban J connectivity index is 0. The van der Waals surface area contributed by atoms with Crippen molar-refractivity contribution in [3.8, 4) is 0 Å². The van der Waals surface area contributed by atoms with Crippen LogP contribution in [0.4, 0.5) is 0 Å². The van der Waals surface area contributed by atoms with Gasteiger partial charge in [0.1, 0.15) is 18.3 Å². The number of hydrogen-bond donors (Lipinski definition) is 5. The fraction of sp³-hybridized carbons (Fsp3) is 0.667. The molecule has 0 fully saturated rings. The molecule has 7 nitrogen and oxygen atoms in total. The van der Waals surface area contributed by atoms with Crippen molar-refractivity contribution in [1.82, 2.24) is 0 Å². The molecule has 0 unspecified atom stereocenters. The number of hydrogen-bond acceptors (Lipinski definition) is 6.